The molecule has 1 aromatic carbocycles. The van der Waals surface area contributed by atoms with E-state index in [1.54, 1.807) is 13.2 Å². The molecule has 0 bridgehead atoms. The number of hydrogen-bond acceptors (Lipinski definition) is 2. The highest BCUT2D eigenvalue weighted by atomic mass is 19.1. The van der Waals surface area contributed by atoms with Crippen molar-refractivity contribution in [3.63, 3.8) is 0 Å². The van der Waals surface area contributed by atoms with Gasteiger partial charge in [0.05, 0.1) is 11.6 Å². The van der Waals surface area contributed by atoms with E-state index in [1.807, 2.05) is 26.1 Å². The number of ether oxygens (including phenoxy) is 1. The molecule has 20 heavy (non-hydrogen) atoms. The number of methoxy groups -OCH3 is 1. The van der Waals surface area contributed by atoms with Crippen molar-refractivity contribution >= 4 is 0 Å². The molecule has 0 aromatic heterocycles. The van der Waals surface area contributed by atoms with Gasteiger partial charge in [0.15, 0.2) is 0 Å². The summed E-state index contributed by atoms with van der Waals surface area (Å²) in [6.07, 6.45) is 4.55. The van der Waals surface area contributed by atoms with E-state index >= 15 is 0 Å². The van der Waals surface area contributed by atoms with Crippen molar-refractivity contribution < 1.29 is 9.13 Å². The van der Waals surface area contributed by atoms with E-state index in [9.17, 15) is 4.39 Å². The zero-order valence-corrected chi connectivity index (χ0v) is 13.0. The molecule has 0 heterocycles. The van der Waals surface area contributed by atoms with Crippen LogP contribution in [-0.2, 0) is 4.74 Å². The number of likely N-dealkylation sites (N-methyl/N-ethyl adjacent to an activating group) is 1. The zero-order valence-electron chi connectivity index (χ0n) is 13.0. The van der Waals surface area contributed by atoms with Gasteiger partial charge >= 0.3 is 0 Å². The van der Waals surface area contributed by atoms with Crippen LogP contribution in [-0.4, -0.2) is 19.8 Å². The van der Waals surface area contributed by atoms with Crippen LogP contribution in [0.15, 0.2) is 18.2 Å². The normalized spacial score (nSPS) is 28.4. The first-order valence-corrected chi connectivity index (χ1v) is 7.51. The number of rotatable bonds is 4. The average Bonchev–Trinajstić information content (AvgIpc) is 2.43. The summed E-state index contributed by atoms with van der Waals surface area (Å²) in [5.74, 6) is 0.521. The molecule has 0 amide bonds. The maximum absolute atomic E-state index is 13.5. The van der Waals surface area contributed by atoms with Crippen molar-refractivity contribution in [1.82, 2.24) is 5.32 Å². The Bertz CT molecular complexity index is 462. The van der Waals surface area contributed by atoms with E-state index in [2.05, 4.69) is 12.2 Å². The molecule has 3 atom stereocenters. The molecule has 1 fully saturated rings. The average molecular weight is 279 g/mol. The van der Waals surface area contributed by atoms with Gasteiger partial charge in [-0.05, 0) is 49.9 Å². The summed E-state index contributed by atoms with van der Waals surface area (Å²) in [6, 6.07) is 5.49. The number of nitrogens with one attached hydrogen (secondary N) is 1. The number of halogens is 1. The molecule has 1 aliphatic carbocycles. The largest absolute Gasteiger partial charge is 0.376 e. The van der Waals surface area contributed by atoms with Gasteiger partial charge in [-0.2, -0.15) is 0 Å². The van der Waals surface area contributed by atoms with Crippen molar-refractivity contribution in [2.24, 2.45) is 5.92 Å². The molecule has 1 aromatic rings. The predicted molar refractivity (Wildman–Crippen MR) is 80.3 cm³/mol. The van der Waals surface area contributed by atoms with E-state index in [1.165, 1.54) is 12.8 Å². The Kier molecular flexibility index (Phi) is 4.82. The highest BCUT2D eigenvalue weighted by Crippen LogP contribution is 2.43. The minimum Gasteiger partial charge on any atom is -0.376 e. The molecule has 1 aliphatic rings. The van der Waals surface area contributed by atoms with Crippen LogP contribution in [0.3, 0.4) is 0 Å². The lowest BCUT2D eigenvalue weighted by Gasteiger charge is -2.44. The fourth-order valence-electron chi connectivity index (χ4n) is 3.69. The molecular formula is C17H26FNO. The van der Waals surface area contributed by atoms with Gasteiger partial charge in [-0.15, -0.1) is 0 Å². The van der Waals surface area contributed by atoms with Crippen LogP contribution >= 0.6 is 0 Å². The van der Waals surface area contributed by atoms with Crippen LogP contribution in [0.25, 0.3) is 0 Å². The van der Waals surface area contributed by atoms with E-state index in [4.69, 9.17) is 4.74 Å². The molecule has 2 nitrogen and oxygen atoms in total. The number of aryl methyl sites for hydroxylation is 1. The molecule has 1 N–H and O–H groups in total. The summed E-state index contributed by atoms with van der Waals surface area (Å²) in [5.41, 5.74) is 1.62. The Morgan fingerprint density at radius 3 is 2.75 bits per heavy atom. The first-order valence-electron chi connectivity index (χ1n) is 7.51. The van der Waals surface area contributed by atoms with Gasteiger partial charge in [-0.3, -0.25) is 0 Å². The molecule has 0 saturated heterocycles. The second kappa shape index (κ2) is 6.23. The lowest BCUT2D eigenvalue weighted by molar-refractivity contribution is -0.0790. The van der Waals surface area contributed by atoms with Crippen LogP contribution in [0.1, 0.15) is 49.8 Å². The van der Waals surface area contributed by atoms with Crippen molar-refractivity contribution in [3.05, 3.63) is 35.1 Å². The zero-order chi connectivity index (χ0) is 14.8. The van der Waals surface area contributed by atoms with Crippen LogP contribution < -0.4 is 5.32 Å². The summed E-state index contributed by atoms with van der Waals surface area (Å²) in [4.78, 5) is 0. The first-order chi connectivity index (χ1) is 9.52. The third-order valence-electron chi connectivity index (χ3n) is 4.73. The van der Waals surface area contributed by atoms with Crippen LogP contribution in [0.4, 0.5) is 4.39 Å². The molecule has 0 aliphatic heterocycles. The van der Waals surface area contributed by atoms with Crippen LogP contribution in [0.2, 0.25) is 0 Å². The van der Waals surface area contributed by atoms with Crippen molar-refractivity contribution in [1.29, 1.82) is 0 Å². The Hall–Kier alpha value is -0.930. The molecule has 0 radical (unpaired) electrons. The van der Waals surface area contributed by atoms with Crippen molar-refractivity contribution in [2.45, 2.75) is 51.2 Å². The molecular weight excluding hydrogens is 253 g/mol. The van der Waals surface area contributed by atoms with Crippen LogP contribution in [0, 0.1) is 18.7 Å². The summed E-state index contributed by atoms with van der Waals surface area (Å²) < 4.78 is 19.5. The maximum atomic E-state index is 13.5. The topological polar surface area (TPSA) is 21.3 Å². The Morgan fingerprint density at radius 1 is 1.45 bits per heavy atom. The van der Waals surface area contributed by atoms with Gasteiger partial charge in [0.1, 0.15) is 5.82 Å². The van der Waals surface area contributed by atoms with Gasteiger partial charge in [0.25, 0.3) is 0 Å². The van der Waals surface area contributed by atoms with E-state index < -0.39 is 0 Å². The van der Waals surface area contributed by atoms with Crippen LogP contribution in [0.5, 0.6) is 0 Å². The predicted octanol–water partition coefficient (Wildman–Crippen LogP) is 3.99. The van der Waals surface area contributed by atoms with E-state index in [0.29, 0.717) is 11.5 Å². The quantitative estimate of drug-likeness (QED) is 0.900. The fraction of sp³-hybridized carbons (Fsp3) is 0.647. The van der Waals surface area contributed by atoms with Gasteiger partial charge in [0.2, 0.25) is 0 Å². The highest BCUT2D eigenvalue weighted by molar-refractivity contribution is 5.29. The monoisotopic (exact) mass is 279 g/mol. The smallest absolute Gasteiger partial charge is 0.126 e. The molecule has 3 unspecified atom stereocenters. The number of benzene rings is 1. The Balaban J connectivity index is 2.35. The Morgan fingerprint density at radius 2 is 2.20 bits per heavy atom. The van der Waals surface area contributed by atoms with Gasteiger partial charge in [0, 0.05) is 7.11 Å². The fourth-order valence-corrected chi connectivity index (χ4v) is 3.69. The van der Waals surface area contributed by atoms with E-state index in [-0.39, 0.29) is 17.5 Å². The standard InChI is InChI=1S/C17H26FNO/c1-12-6-5-9-17(11-12,20-4)16(19-3)14-7-8-15(18)13(2)10-14/h7-8,10,12,16,19H,5-6,9,11H2,1-4H3. The van der Waals surface area contributed by atoms with Crippen molar-refractivity contribution in [3.8, 4) is 0 Å². The van der Waals surface area contributed by atoms with Gasteiger partial charge < -0.3 is 10.1 Å². The Labute approximate surface area is 121 Å². The minimum absolute atomic E-state index is 0.106. The molecule has 2 rings (SSSR count). The molecule has 112 valence electrons. The van der Waals surface area contributed by atoms with E-state index in [0.717, 1.165) is 18.4 Å². The lowest BCUT2D eigenvalue weighted by atomic mass is 9.72. The van der Waals surface area contributed by atoms with Gasteiger partial charge in [-0.25, -0.2) is 4.39 Å². The number of hydrogen-bond donors (Lipinski definition) is 1. The third kappa shape index (κ3) is 2.89. The van der Waals surface area contributed by atoms with Gasteiger partial charge in [-0.1, -0.05) is 31.9 Å². The molecule has 1 saturated carbocycles. The molecule has 3 heteroatoms. The second-order valence-corrected chi connectivity index (χ2v) is 6.20. The minimum atomic E-state index is -0.184. The first kappa shape index (κ1) is 15.5. The highest BCUT2D eigenvalue weighted by Gasteiger charge is 2.42. The van der Waals surface area contributed by atoms with Crippen molar-refractivity contribution in [2.75, 3.05) is 14.2 Å². The summed E-state index contributed by atoms with van der Waals surface area (Å²) in [6.45, 7) is 4.10. The summed E-state index contributed by atoms with van der Waals surface area (Å²) in [7, 11) is 3.77. The summed E-state index contributed by atoms with van der Waals surface area (Å²) in [5, 5.41) is 3.40. The second-order valence-electron chi connectivity index (χ2n) is 6.20. The maximum Gasteiger partial charge on any atom is 0.126 e. The summed E-state index contributed by atoms with van der Waals surface area (Å²) >= 11 is 0. The third-order valence-corrected chi connectivity index (χ3v) is 4.73. The SMILES string of the molecule is CNC(c1ccc(F)c(C)c1)C1(OC)CCCC(C)C1. The molecule has 0 spiro atoms. The lowest BCUT2D eigenvalue weighted by Crippen LogP contribution is -2.47.